The van der Waals surface area contributed by atoms with Gasteiger partial charge in [0.25, 0.3) is 0 Å². The van der Waals surface area contributed by atoms with Crippen LogP contribution in [0.2, 0.25) is 0 Å². The molecule has 5 fully saturated rings. The molecule has 15 heteroatoms. The van der Waals surface area contributed by atoms with Gasteiger partial charge in [-0.1, -0.05) is 104 Å². The van der Waals surface area contributed by atoms with E-state index in [2.05, 4.69) is 90.0 Å². The van der Waals surface area contributed by atoms with Crippen LogP contribution in [0.15, 0.2) is 0 Å². The number of esters is 5. The first-order valence-corrected chi connectivity index (χ1v) is 29.2. The summed E-state index contributed by atoms with van der Waals surface area (Å²) < 4.78 is 28.3. The molecule has 5 radical (unpaired) electrons. The molecule has 0 aromatic rings. The van der Waals surface area contributed by atoms with E-state index in [-0.39, 0.29) is 238 Å². The fourth-order valence-corrected chi connectivity index (χ4v) is 10.8. The summed E-state index contributed by atoms with van der Waals surface area (Å²) in [6, 6.07) is 0. The monoisotopic (exact) mass is 1490 g/mol. The van der Waals surface area contributed by atoms with Crippen LogP contribution in [0.3, 0.4) is 0 Å². The predicted octanol–water partition coefficient (Wildman–Crippen LogP) is 16.8. The van der Waals surface area contributed by atoms with E-state index >= 15 is 0 Å². The number of carbonyl (C=O) groups excluding carboxylic acids is 5. The Kier molecular flexibility index (Phi) is 45.5. The number of hydrogen-bond donors (Lipinski definition) is 0. The molecule has 6 atom stereocenters. The zero-order valence-electron chi connectivity index (χ0n) is 55.1. The summed E-state index contributed by atoms with van der Waals surface area (Å²) in [6.07, 6.45) is 18.6. The fourth-order valence-electron chi connectivity index (χ4n) is 10.8. The van der Waals surface area contributed by atoms with Gasteiger partial charge in [-0.15, -0.1) is 0 Å². The van der Waals surface area contributed by atoms with Gasteiger partial charge in [0.15, 0.2) is 29.8 Å². The quantitative estimate of drug-likeness (QED) is 0.0887. The van der Waals surface area contributed by atoms with Crippen molar-refractivity contribution in [3.05, 3.63) is 29.6 Å². The summed E-state index contributed by atoms with van der Waals surface area (Å²) in [5.41, 5.74) is -0.675. The van der Waals surface area contributed by atoms with Crippen LogP contribution in [0, 0.1) is 69.5 Å². The van der Waals surface area contributed by atoms with Crippen LogP contribution >= 0.6 is 0 Å². The second-order valence-corrected chi connectivity index (χ2v) is 26.2. The Morgan fingerprint density at radius 2 is 0.747 bits per heavy atom. The van der Waals surface area contributed by atoms with Crippen molar-refractivity contribution in [2.24, 2.45) is 39.9 Å². The van der Waals surface area contributed by atoms with Crippen molar-refractivity contribution in [2.75, 3.05) is 0 Å². The van der Waals surface area contributed by atoms with Crippen LogP contribution in [-0.4, -0.2) is 58.4 Å². The average Bonchev–Trinajstić information content (AvgIpc) is 4.09. The summed E-state index contributed by atoms with van der Waals surface area (Å²) in [6.45, 7) is 49.4. The van der Waals surface area contributed by atoms with Crippen molar-refractivity contribution in [2.45, 2.75) is 310 Å². The third kappa shape index (κ3) is 26.8. The third-order valence-electron chi connectivity index (χ3n) is 19.2. The Hall–Kier alpha value is 2.22. The number of hydrogen-bond acceptors (Lipinski definition) is 10. The van der Waals surface area contributed by atoms with E-state index in [1.165, 1.54) is 25.7 Å². The Bertz CT molecular complexity index is 1740. The Labute approximate surface area is 612 Å². The molecule has 79 heavy (non-hydrogen) atoms. The van der Waals surface area contributed by atoms with Crippen molar-refractivity contribution in [1.82, 2.24) is 0 Å². The van der Waals surface area contributed by atoms with Crippen molar-refractivity contribution in [3.63, 3.8) is 0 Å². The third-order valence-corrected chi connectivity index (χ3v) is 19.2. The molecule has 0 spiro atoms. The second kappa shape index (κ2) is 40.0. The number of ether oxygens (including phenoxy) is 5. The van der Waals surface area contributed by atoms with Gasteiger partial charge in [0.2, 0.25) is 0 Å². The van der Waals surface area contributed by atoms with Gasteiger partial charge >= 0.3 is 0 Å². The smallest absolute Gasteiger partial charge is 0.170 e. The fraction of sp³-hybridized carbons (Fsp3) is 0.844. The van der Waals surface area contributed by atoms with Gasteiger partial charge in [-0.25, -0.2) is 0 Å². The summed E-state index contributed by atoms with van der Waals surface area (Å²) in [4.78, 5) is 58.6. The van der Waals surface area contributed by atoms with Crippen molar-refractivity contribution in [3.8, 4) is 0 Å². The molecule has 0 bridgehead atoms. The molecule has 6 unspecified atom stereocenters. The number of carbonyl (C=O) groups is 5. The maximum Gasteiger partial charge on any atom is 0.170 e. The number of rotatable bonds is 15. The van der Waals surface area contributed by atoms with E-state index in [0.29, 0.717) is 23.7 Å². The molecular formula is C64H113O10Y5-5. The summed E-state index contributed by atoms with van der Waals surface area (Å²) in [5, 5.41) is 0. The molecule has 5 saturated carbocycles. The first-order chi connectivity index (χ1) is 33.9. The van der Waals surface area contributed by atoms with E-state index in [9.17, 15) is 24.0 Å². The normalized spacial score (nSPS) is 26.8. The predicted molar refractivity (Wildman–Crippen MR) is 302 cm³/mol. The van der Waals surface area contributed by atoms with Crippen molar-refractivity contribution < 1.29 is 211 Å². The minimum absolute atomic E-state index is 0. The van der Waals surface area contributed by atoms with Crippen LogP contribution in [-0.2, 0) is 211 Å². The zero-order chi connectivity index (χ0) is 57.4. The van der Waals surface area contributed by atoms with Gasteiger partial charge in [0.05, 0.1) is 0 Å². The molecule has 10 nitrogen and oxygen atoms in total. The zero-order valence-corrected chi connectivity index (χ0v) is 69.3. The SMILES string of the molecule is CC[C-](C)C(=O)OC1(C)C(C)CCC1(C)C.CC[C-](C)C(=O)OC1(C)C(C)CCC1C.CC[C-](C)C(=O)OC1(C)CCCC1.CC[C-](C)C(=O)OC1(C)CCCC1C.CC[C-](C)C(=O)OC1C(C)(C)CCC1(C)C.[Y].[Y].[Y].[Y].[Y]. The van der Waals surface area contributed by atoms with Crippen molar-refractivity contribution >= 4 is 29.8 Å². The summed E-state index contributed by atoms with van der Waals surface area (Å²) >= 11 is 0. The van der Waals surface area contributed by atoms with Crippen molar-refractivity contribution in [1.29, 1.82) is 0 Å². The average molecular weight is 1490 g/mol. The molecule has 0 N–H and O–H groups in total. The molecule has 0 aliphatic heterocycles. The van der Waals surface area contributed by atoms with E-state index < -0.39 is 0 Å². The largest absolute Gasteiger partial charge is 0.484 e. The van der Waals surface area contributed by atoms with E-state index in [1.807, 2.05) is 76.2 Å². The Morgan fingerprint density at radius 1 is 0.392 bits per heavy atom. The van der Waals surface area contributed by atoms with Crippen LogP contribution in [0.5, 0.6) is 0 Å². The summed E-state index contributed by atoms with van der Waals surface area (Å²) in [5.74, 6) is 5.43. The molecule has 5 aliphatic rings. The van der Waals surface area contributed by atoms with Gasteiger partial charge in [-0.2, -0.15) is 66.7 Å². The van der Waals surface area contributed by atoms with Gasteiger partial charge in [0.1, 0.15) is 28.5 Å². The molecule has 0 heterocycles. The minimum atomic E-state index is -0.319. The molecule has 5 rings (SSSR count). The summed E-state index contributed by atoms with van der Waals surface area (Å²) in [7, 11) is 0. The molecule has 0 saturated heterocycles. The van der Waals surface area contributed by atoms with E-state index in [0.717, 1.165) is 119 Å². The Morgan fingerprint density at radius 3 is 1.09 bits per heavy atom. The standard InChI is InChI=1S/2C14H25O2.C13H23O2.C12H21O2.C11H19O2.5Y/c1-7-10(2)11(15)16-12-13(3,4)8-9-14(12,5)6;1-7-10(2)12(15)16-14(6)11(3)8-9-13(14,4)5;1-6-9(2)12(14)15-13(5)10(3)7-8-11(13)4;1-5-9(2)11(13)14-12(4)8-6-7-10(12)3;1-4-9(2)10(12)13-11(3)7-5-6-8-11;;;;;/h12H,7-9H2,1-6H3;11H,7-9H2,1-6H3;10-11H,6-8H2,1-5H3;10H,5-8H2,1-4H3;4-8H2,1-3H3;;;;;/q5*-1;;;;;. The molecular weight excluding hydrogens is 1370 g/mol. The maximum atomic E-state index is 11.9. The van der Waals surface area contributed by atoms with Crippen LogP contribution < -0.4 is 0 Å². The minimum Gasteiger partial charge on any atom is -0.484 e. The van der Waals surface area contributed by atoms with Crippen LogP contribution in [0.4, 0.5) is 0 Å². The van der Waals surface area contributed by atoms with Gasteiger partial charge < -0.3 is 23.7 Å². The molecule has 0 aromatic carbocycles. The molecule has 449 valence electrons. The molecule has 5 aliphatic carbocycles. The maximum absolute atomic E-state index is 11.9. The topological polar surface area (TPSA) is 132 Å². The molecule has 0 amide bonds. The van der Waals surface area contributed by atoms with Gasteiger partial charge in [-0.05, 0) is 135 Å². The van der Waals surface area contributed by atoms with E-state index in [4.69, 9.17) is 23.7 Å². The first kappa shape index (κ1) is 90.0. The van der Waals surface area contributed by atoms with Crippen LogP contribution in [0.25, 0.3) is 0 Å². The second-order valence-electron chi connectivity index (χ2n) is 26.2. The van der Waals surface area contributed by atoms with Crippen LogP contribution in [0.1, 0.15) is 282 Å². The van der Waals surface area contributed by atoms with Gasteiger partial charge in [0, 0.05) is 180 Å². The molecule has 0 aromatic heterocycles. The van der Waals surface area contributed by atoms with E-state index in [1.54, 1.807) is 0 Å². The first-order valence-electron chi connectivity index (χ1n) is 29.2. The van der Waals surface area contributed by atoms with Gasteiger partial charge in [-0.3, -0.25) is 53.6 Å². The Balaban J connectivity index is -0.000000285.